The third-order valence-corrected chi connectivity index (χ3v) is 6.26. The zero-order chi connectivity index (χ0) is 24.5. The number of hydrazone groups is 1. The minimum atomic E-state index is -0.287. The smallest absolute Gasteiger partial charge is 0.244 e. The third-order valence-electron chi connectivity index (χ3n) is 6.26. The molecular weight excluding hydrogens is 432 g/mol. The third kappa shape index (κ3) is 4.60. The Kier molecular flexibility index (Phi) is 6.55. The van der Waals surface area contributed by atoms with E-state index in [0.29, 0.717) is 17.1 Å². The van der Waals surface area contributed by atoms with E-state index in [1.165, 1.54) is 6.21 Å². The average Bonchev–Trinajstić information content (AvgIpc) is 3.18. The van der Waals surface area contributed by atoms with Crippen LogP contribution >= 0.6 is 0 Å². The van der Waals surface area contributed by atoms with Crippen LogP contribution in [0.5, 0.6) is 17.2 Å². The molecule has 180 valence electrons. The van der Waals surface area contributed by atoms with Crippen LogP contribution in [-0.4, -0.2) is 31.4 Å². The van der Waals surface area contributed by atoms with Crippen molar-refractivity contribution in [1.82, 2.24) is 5.43 Å². The van der Waals surface area contributed by atoms with Gasteiger partial charge in [-0.3, -0.25) is 4.79 Å². The molecule has 7 nitrogen and oxygen atoms in total. The lowest BCUT2D eigenvalue weighted by Crippen LogP contribution is -2.20. The topological polar surface area (TPSA) is 93.3 Å². The molecule has 0 radical (unpaired) electrons. The van der Waals surface area contributed by atoms with Crippen molar-refractivity contribution in [2.45, 2.75) is 58.3 Å². The minimum absolute atomic E-state index is 0.127. The molecule has 0 saturated heterocycles. The van der Waals surface area contributed by atoms with Gasteiger partial charge in [-0.25, -0.2) is 5.43 Å². The van der Waals surface area contributed by atoms with Crippen LogP contribution in [0.4, 0.5) is 0 Å². The Hall–Kier alpha value is -3.48. The predicted octanol–water partition coefficient (Wildman–Crippen LogP) is 5.02. The van der Waals surface area contributed by atoms with Gasteiger partial charge in [0.25, 0.3) is 0 Å². The van der Waals surface area contributed by atoms with Gasteiger partial charge in [-0.15, -0.1) is 0 Å². The molecule has 1 heterocycles. The molecule has 0 aliphatic heterocycles. The first-order valence-electron chi connectivity index (χ1n) is 11.6. The molecule has 7 heteroatoms. The van der Waals surface area contributed by atoms with E-state index in [1.54, 1.807) is 26.4 Å². The minimum Gasteiger partial charge on any atom is -0.507 e. The van der Waals surface area contributed by atoms with Crippen LogP contribution in [0.3, 0.4) is 0 Å². The molecule has 4 rings (SSSR count). The number of hydrogen-bond donors (Lipinski definition) is 2. The van der Waals surface area contributed by atoms with Crippen LogP contribution in [0, 0.1) is 0 Å². The lowest BCUT2D eigenvalue weighted by molar-refractivity contribution is -0.120. The summed E-state index contributed by atoms with van der Waals surface area (Å²) in [4.78, 5) is 12.5. The number of nitrogens with one attached hydrogen (secondary N) is 1. The van der Waals surface area contributed by atoms with Gasteiger partial charge in [0.1, 0.15) is 17.1 Å². The highest BCUT2D eigenvalue weighted by molar-refractivity contribution is 6.04. The number of amides is 1. The number of phenols is 1. The number of methoxy groups -OCH3 is 2. The zero-order valence-corrected chi connectivity index (χ0v) is 20.4. The van der Waals surface area contributed by atoms with Crippen LogP contribution < -0.4 is 14.9 Å². The van der Waals surface area contributed by atoms with Gasteiger partial charge in [0.05, 0.1) is 26.9 Å². The maximum absolute atomic E-state index is 12.5. The highest BCUT2D eigenvalue weighted by atomic mass is 16.5. The van der Waals surface area contributed by atoms with Gasteiger partial charge in [-0.05, 0) is 48.4 Å². The number of hydrogen-bond acceptors (Lipinski definition) is 6. The number of ether oxygens (including phenoxy) is 2. The molecule has 1 amide bonds. The number of furan rings is 1. The van der Waals surface area contributed by atoms with Crippen LogP contribution in [0.25, 0.3) is 11.0 Å². The van der Waals surface area contributed by atoms with E-state index in [-0.39, 0.29) is 23.5 Å². The van der Waals surface area contributed by atoms with E-state index < -0.39 is 0 Å². The Labute approximate surface area is 199 Å². The Morgan fingerprint density at radius 3 is 2.59 bits per heavy atom. The summed E-state index contributed by atoms with van der Waals surface area (Å²) in [6, 6.07) is 7.28. The summed E-state index contributed by atoms with van der Waals surface area (Å²) in [5.41, 5.74) is 6.33. The van der Waals surface area contributed by atoms with Crippen LogP contribution in [-0.2, 0) is 29.5 Å². The molecule has 0 bridgehead atoms. The number of aryl methyl sites for hydroxylation is 2. The van der Waals surface area contributed by atoms with Crippen molar-refractivity contribution in [2.24, 2.45) is 5.10 Å². The maximum atomic E-state index is 12.5. The van der Waals surface area contributed by atoms with E-state index in [0.717, 1.165) is 59.1 Å². The Bertz CT molecular complexity index is 1250. The molecule has 34 heavy (non-hydrogen) atoms. The number of aromatic hydroxyl groups is 1. The summed E-state index contributed by atoms with van der Waals surface area (Å²) < 4.78 is 16.7. The quantitative estimate of drug-likeness (QED) is 0.394. The highest BCUT2D eigenvalue weighted by Gasteiger charge is 2.27. The second-order valence-electron chi connectivity index (χ2n) is 9.68. The molecule has 0 fully saturated rings. The van der Waals surface area contributed by atoms with E-state index in [9.17, 15) is 9.90 Å². The Morgan fingerprint density at radius 1 is 1.15 bits per heavy atom. The van der Waals surface area contributed by atoms with E-state index in [4.69, 9.17) is 13.9 Å². The van der Waals surface area contributed by atoms with Gasteiger partial charge in [-0.1, -0.05) is 26.8 Å². The first-order valence-corrected chi connectivity index (χ1v) is 11.6. The second-order valence-corrected chi connectivity index (χ2v) is 9.68. The molecule has 1 aromatic heterocycles. The SMILES string of the molecule is COc1ccc(CC(=O)N/N=C\c2c(O)c(C(C)(C)C)cc3oc4c(c23)CCCC4)cc1OC. The van der Waals surface area contributed by atoms with Crippen molar-refractivity contribution in [3.05, 3.63) is 52.3 Å². The molecule has 0 saturated carbocycles. The molecule has 0 unspecified atom stereocenters. The van der Waals surface area contributed by atoms with Crippen LogP contribution in [0.2, 0.25) is 0 Å². The number of benzene rings is 2. The van der Waals surface area contributed by atoms with Gasteiger partial charge in [0.2, 0.25) is 5.91 Å². The molecule has 0 atom stereocenters. The molecule has 0 spiro atoms. The van der Waals surface area contributed by atoms with Gasteiger partial charge < -0.3 is 19.0 Å². The molecule has 1 aliphatic carbocycles. The van der Waals surface area contributed by atoms with Crippen molar-refractivity contribution in [1.29, 1.82) is 0 Å². The molecule has 2 aromatic carbocycles. The Balaban J connectivity index is 1.62. The fourth-order valence-electron chi connectivity index (χ4n) is 4.53. The van der Waals surface area contributed by atoms with Gasteiger partial charge in [-0.2, -0.15) is 5.10 Å². The van der Waals surface area contributed by atoms with Crippen molar-refractivity contribution < 1.29 is 23.8 Å². The van der Waals surface area contributed by atoms with Crippen molar-refractivity contribution in [3.8, 4) is 17.2 Å². The van der Waals surface area contributed by atoms with Gasteiger partial charge in [0, 0.05) is 28.5 Å². The fourth-order valence-corrected chi connectivity index (χ4v) is 4.53. The number of phenolic OH excluding ortho intramolecular Hbond substituents is 1. The van der Waals surface area contributed by atoms with Crippen molar-refractivity contribution >= 4 is 23.1 Å². The standard InChI is InChI=1S/C27H32N2O5/c1-27(2,3)19-14-23-25(17-8-6-7-9-20(17)34-23)18(26(19)31)15-28-29-24(30)13-16-10-11-21(32-4)22(12-16)33-5/h10-12,14-15,31H,6-9,13H2,1-5H3,(H,29,30)/b28-15-. The molecule has 1 aliphatic rings. The number of carbonyl (C=O) groups is 1. The number of nitrogens with zero attached hydrogens (tertiary/aromatic N) is 1. The normalized spacial score (nSPS) is 13.8. The summed E-state index contributed by atoms with van der Waals surface area (Å²) in [6.45, 7) is 6.13. The fraction of sp³-hybridized carbons (Fsp3) is 0.407. The number of carbonyl (C=O) groups excluding carboxylic acids is 1. The largest absolute Gasteiger partial charge is 0.507 e. The summed E-state index contributed by atoms with van der Waals surface area (Å²) in [5, 5.41) is 16.3. The van der Waals surface area contributed by atoms with E-state index in [1.807, 2.05) is 32.9 Å². The lowest BCUT2D eigenvalue weighted by Gasteiger charge is -2.21. The number of rotatable bonds is 6. The summed E-state index contributed by atoms with van der Waals surface area (Å²) in [7, 11) is 3.12. The maximum Gasteiger partial charge on any atom is 0.244 e. The molecule has 3 aromatic rings. The summed E-state index contributed by atoms with van der Waals surface area (Å²) in [5.74, 6) is 2.05. The van der Waals surface area contributed by atoms with Crippen molar-refractivity contribution in [3.63, 3.8) is 0 Å². The first kappa shape index (κ1) is 23.7. The predicted molar refractivity (Wildman–Crippen MR) is 132 cm³/mol. The Morgan fingerprint density at radius 2 is 1.88 bits per heavy atom. The van der Waals surface area contributed by atoms with Crippen LogP contribution in [0.1, 0.15) is 61.6 Å². The second kappa shape index (κ2) is 9.41. The number of fused-ring (bicyclic) bond motifs is 3. The van der Waals surface area contributed by atoms with Gasteiger partial charge >= 0.3 is 0 Å². The average molecular weight is 465 g/mol. The highest BCUT2D eigenvalue weighted by Crippen LogP contribution is 2.42. The zero-order valence-electron chi connectivity index (χ0n) is 20.4. The van der Waals surface area contributed by atoms with E-state index >= 15 is 0 Å². The van der Waals surface area contributed by atoms with Crippen LogP contribution in [0.15, 0.2) is 33.8 Å². The monoisotopic (exact) mass is 464 g/mol. The summed E-state index contributed by atoms with van der Waals surface area (Å²) >= 11 is 0. The molecule has 2 N–H and O–H groups in total. The van der Waals surface area contributed by atoms with Gasteiger partial charge in [0.15, 0.2) is 11.5 Å². The summed E-state index contributed by atoms with van der Waals surface area (Å²) in [6.07, 6.45) is 5.64. The lowest BCUT2D eigenvalue weighted by atomic mass is 9.83. The molecular formula is C27H32N2O5. The van der Waals surface area contributed by atoms with E-state index in [2.05, 4.69) is 10.5 Å². The first-order chi connectivity index (χ1) is 16.2. The van der Waals surface area contributed by atoms with Crippen molar-refractivity contribution in [2.75, 3.05) is 14.2 Å².